The molecule has 2 aliphatic heterocycles. The summed E-state index contributed by atoms with van der Waals surface area (Å²) >= 11 is 0. The summed E-state index contributed by atoms with van der Waals surface area (Å²) in [6.45, 7) is -0.0714. The van der Waals surface area contributed by atoms with E-state index in [1.54, 1.807) is 0 Å². The van der Waals surface area contributed by atoms with E-state index in [2.05, 4.69) is 5.32 Å². The van der Waals surface area contributed by atoms with Gasteiger partial charge in [-0.25, -0.2) is 4.79 Å². The standard InChI is InChI=1S/C20H17F3N2O6/c1-29-12-5-2-10(3-6-12)17(26)15-16(11-4-7-13-14(8-11)31-9-30-13)24-18(27)25-19(15,28)20(21,22)23/h2-8,15-16,28H,9H2,1H3,(H2,24,25,27)/t15-,16-,19+/m0/s1. The number of urea groups is 1. The van der Waals surface area contributed by atoms with E-state index in [0.29, 0.717) is 11.5 Å². The third-order valence-corrected chi connectivity index (χ3v) is 5.22. The molecule has 1 saturated heterocycles. The van der Waals surface area contributed by atoms with E-state index >= 15 is 0 Å². The number of hydrogen-bond acceptors (Lipinski definition) is 6. The summed E-state index contributed by atoms with van der Waals surface area (Å²) in [6.07, 6.45) is -5.34. The van der Waals surface area contributed by atoms with Gasteiger partial charge in [-0.15, -0.1) is 0 Å². The van der Waals surface area contributed by atoms with Crippen molar-refractivity contribution in [3.8, 4) is 17.2 Å². The first-order valence-electron chi connectivity index (χ1n) is 9.09. The number of rotatable bonds is 4. The van der Waals surface area contributed by atoms with E-state index in [0.717, 1.165) is 0 Å². The molecule has 31 heavy (non-hydrogen) atoms. The first kappa shape index (κ1) is 20.8. The Balaban J connectivity index is 1.82. The summed E-state index contributed by atoms with van der Waals surface area (Å²) in [5.41, 5.74) is -3.78. The van der Waals surface area contributed by atoms with Crippen LogP contribution in [0.1, 0.15) is 22.0 Å². The average Bonchev–Trinajstić information content (AvgIpc) is 3.20. The van der Waals surface area contributed by atoms with Gasteiger partial charge >= 0.3 is 12.2 Å². The van der Waals surface area contributed by atoms with Crippen molar-refractivity contribution >= 4 is 11.8 Å². The lowest BCUT2D eigenvalue weighted by Crippen LogP contribution is -2.72. The fourth-order valence-corrected chi connectivity index (χ4v) is 3.66. The monoisotopic (exact) mass is 438 g/mol. The van der Waals surface area contributed by atoms with Gasteiger partial charge in [0.1, 0.15) is 11.7 Å². The van der Waals surface area contributed by atoms with Crippen molar-refractivity contribution in [2.24, 2.45) is 5.92 Å². The molecule has 164 valence electrons. The Labute approximate surface area is 173 Å². The molecule has 0 aliphatic carbocycles. The number of hydrogen-bond donors (Lipinski definition) is 3. The number of halogens is 3. The van der Waals surface area contributed by atoms with Crippen molar-refractivity contribution in [3.63, 3.8) is 0 Å². The van der Waals surface area contributed by atoms with Crippen LogP contribution in [-0.2, 0) is 0 Å². The van der Waals surface area contributed by atoms with Crippen LogP contribution >= 0.6 is 0 Å². The molecule has 11 heteroatoms. The largest absolute Gasteiger partial charge is 0.497 e. The highest BCUT2D eigenvalue weighted by Crippen LogP contribution is 2.45. The zero-order chi connectivity index (χ0) is 22.4. The van der Waals surface area contributed by atoms with Gasteiger partial charge in [0.15, 0.2) is 17.3 Å². The number of benzene rings is 2. The van der Waals surface area contributed by atoms with Crippen LogP contribution in [0.15, 0.2) is 42.5 Å². The normalized spacial score (nSPS) is 24.9. The van der Waals surface area contributed by atoms with Gasteiger partial charge in [0.25, 0.3) is 0 Å². The van der Waals surface area contributed by atoms with Crippen molar-refractivity contribution in [2.45, 2.75) is 17.9 Å². The van der Waals surface area contributed by atoms with Gasteiger partial charge < -0.3 is 30.0 Å². The second-order valence-electron chi connectivity index (χ2n) is 7.02. The molecular formula is C20H17F3N2O6. The minimum Gasteiger partial charge on any atom is -0.497 e. The van der Waals surface area contributed by atoms with Gasteiger partial charge in [0, 0.05) is 5.56 Å². The highest BCUT2D eigenvalue weighted by molar-refractivity contribution is 6.00. The number of amides is 2. The SMILES string of the molecule is COc1ccc(C(=O)[C@@H]2[C@H](c3ccc4c(c3)OCO4)NC(=O)N[C@]2(O)C(F)(F)F)cc1. The molecule has 0 bridgehead atoms. The Morgan fingerprint density at radius 2 is 1.84 bits per heavy atom. The van der Waals surface area contributed by atoms with Crippen LogP contribution in [0.3, 0.4) is 0 Å². The van der Waals surface area contributed by atoms with Crippen molar-refractivity contribution in [3.05, 3.63) is 53.6 Å². The average molecular weight is 438 g/mol. The first-order chi connectivity index (χ1) is 14.6. The van der Waals surface area contributed by atoms with Crippen LogP contribution in [0.4, 0.5) is 18.0 Å². The molecule has 2 amide bonds. The highest BCUT2D eigenvalue weighted by atomic mass is 19.4. The molecule has 0 spiro atoms. The zero-order valence-electron chi connectivity index (χ0n) is 16.0. The molecule has 2 heterocycles. The summed E-state index contributed by atoms with van der Waals surface area (Å²) in [7, 11) is 1.40. The van der Waals surface area contributed by atoms with Gasteiger partial charge in [-0.05, 0) is 42.0 Å². The third kappa shape index (κ3) is 3.50. The lowest BCUT2D eigenvalue weighted by Gasteiger charge is -2.45. The fraction of sp³-hybridized carbons (Fsp3) is 0.300. The van der Waals surface area contributed by atoms with E-state index in [1.807, 2.05) is 0 Å². The molecule has 3 N–H and O–H groups in total. The molecule has 0 radical (unpaired) electrons. The topological polar surface area (TPSA) is 106 Å². The number of carbonyl (C=O) groups excluding carboxylic acids is 2. The van der Waals surface area contributed by atoms with E-state index in [4.69, 9.17) is 14.2 Å². The molecule has 1 fully saturated rings. The number of ketones is 1. The van der Waals surface area contributed by atoms with Crippen molar-refractivity contribution in [1.82, 2.24) is 10.6 Å². The Hall–Kier alpha value is -3.47. The molecule has 8 nitrogen and oxygen atoms in total. The lowest BCUT2D eigenvalue weighted by atomic mass is 9.77. The Morgan fingerprint density at radius 3 is 2.48 bits per heavy atom. The van der Waals surface area contributed by atoms with Crippen molar-refractivity contribution in [2.75, 3.05) is 13.9 Å². The summed E-state index contributed by atoms with van der Waals surface area (Å²) < 4.78 is 57.3. The second-order valence-corrected chi connectivity index (χ2v) is 7.02. The third-order valence-electron chi connectivity index (χ3n) is 5.22. The lowest BCUT2D eigenvalue weighted by molar-refractivity contribution is -0.287. The number of aliphatic hydroxyl groups is 1. The Morgan fingerprint density at radius 1 is 1.16 bits per heavy atom. The molecule has 0 saturated carbocycles. The minimum absolute atomic E-state index is 0.0714. The van der Waals surface area contributed by atoms with Gasteiger partial charge in [-0.2, -0.15) is 13.2 Å². The van der Waals surface area contributed by atoms with E-state index in [-0.39, 0.29) is 23.7 Å². The van der Waals surface area contributed by atoms with Gasteiger partial charge in [0.2, 0.25) is 12.5 Å². The van der Waals surface area contributed by atoms with Crippen LogP contribution < -0.4 is 24.8 Å². The van der Waals surface area contributed by atoms with Crippen LogP contribution in [-0.4, -0.2) is 42.7 Å². The quantitative estimate of drug-likeness (QED) is 0.634. The smallest absolute Gasteiger partial charge is 0.437 e. The number of methoxy groups -OCH3 is 1. The van der Waals surface area contributed by atoms with Crippen LogP contribution in [0, 0.1) is 5.92 Å². The maximum absolute atomic E-state index is 13.9. The maximum Gasteiger partial charge on any atom is 0.437 e. The summed E-state index contributed by atoms with van der Waals surface area (Å²) in [5, 5.41) is 14.4. The Bertz CT molecular complexity index is 1030. The molecule has 0 aromatic heterocycles. The number of nitrogens with one attached hydrogen (secondary N) is 2. The number of carbonyl (C=O) groups is 2. The molecular weight excluding hydrogens is 421 g/mol. The number of ether oxygens (including phenoxy) is 3. The summed E-state index contributed by atoms with van der Waals surface area (Å²) in [5.74, 6) is -2.16. The van der Waals surface area contributed by atoms with E-state index < -0.39 is 35.7 Å². The summed E-state index contributed by atoms with van der Waals surface area (Å²) in [4.78, 5) is 25.3. The predicted octanol–water partition coefficient (Wildman–Crippen LogP) is 2.53. The number of alkyl halides is 3. The first-order valence-corrected chi connectivity index (χ1v) is 9.09. The van der Waals surface area contributed by atoms with Crippen molar-refractivity contribution < 1.29 is 42.1 Å². The molecule has 2 aromatic carbocycles. The molecule has 4 rings (SSSR count). The zero-order valence-corrected chi connectivity index (χ0v) is 16.0. The van der Waals surface area contributed by atoms with E-state index in [9.17, 15) is 27.9 Å². The summed E-state index contributed by atoms with van der Waals surface area (Å²) in [6, 6.07) is 6.81. The Kier molecular flexibility index (Phi) is 4.92. The minimum atomic E-state index is -5.34. The molecule has 2 aromatic rings. The maximum atomic E-state index is 13.9. The molecule has 2 aliphatic rings. The molecule has 3 atom stereocenters. The highest BCUT2D eigenvalue weighted by Gasteiger charge is 2.66. The fourth-order valence-electron chi connectivity index (χ4n) is 3.66. The number of fused-ring (bicyclic) bond motifs is 1. The second kappa shape index (κ2) is 7.34. The van der Waals surface area contributed by atoms with Gasteiger partial charge in [0.05, 0.1) is 13.2 Å². The van der Waals surface area contributed by atoms with Crippen LogP contribution in [0.25, 0.3) is 0 Å². The number of Topliss-reactive ketones (excluding diaryl/α,β-unsaturated/α-hetero) is 1. The molecule has 0 unspecified atom stereocenters. The van der Waals surface area contributed by atoms with Crippen molar-refractivity contribution in [1.29, 1.82) is 0 Å². The van der Waals surface area contributed by atoms with Gasteiger partial charge in [-0.3, -0.25) is 4.79 Å². The van der Waals surface area contributed by atoms with Crippen LogP contribution in [0.5, 0.6) is 17.2 Å². The van der Waals surface area contributed by atoms with Gasteiger partial charge in [-0.1, -0.05) is 6.07 Å². The van der Waals surface area contributed by atoms with Crippen LogP contribution in [0.2, 0.25) is 0 Å². The van der Waals surface area contributed by atoms with E-state index in [1.165, 1.54) is 54.9 Å². The predicted molar refractivity (Wildman–Crippen MR) is 98.8 cm³/mol.